The molecule has 3 rings (SSSR count). The van der Waals surface area contributed by atoms with Gasteiger partial charge in [0.15, 0.2) is 5.78 Å². The summed E-state index contributed by atoms with van der Waals surface area (Å²) in [5, 5.41) is 2.98. The lowest BCUT2D eigenvalue weighted by Crippen LogP contribution is -2.39. The van der Waals surface area contributed by atoms with Crippen LogP contribution >= 0.6 is 11.6 Å². The number of benzene rings is 2. The number of rotatable bonds is 4. The first kappa shape index (κ1) is 16.0. The van der Waals surface area contributed by atoms with Gasteiger partial charge in [-0.3, -0.25) is 9.69 Å². The van der Waals surface area contributed by atoms with Crippen molar-refractivity contribution in [3.8, 4) is 0 Å². The normalized spacial score (nSPS) is 15.9. The number of allylic oxidation sites excluding steroid dienone is 2. The van der Waals surface area contributed by atoms with E-state index in [0.29, 0.717) is 22.8 Å². The first-order valence-corrected chi connectivity index (χ1v) is 7.81. The van der Waals surface area contributed by atoms with Gasteiger partial charge in [0.05, 0.1) is 17.3 Å². The molecule has 1 N–H and O–H groups in total. The van der Waals surface area contributed by atoms with Crippen LogP contribution in [0.4, 0.5) is 4.79 Å². The Morgan fingerprint density at radius 2 is 1.67 bits per heavy atom. The minimum Gasteiger partial charge on any atom is -0.306 e. The molecule has 2 amide bonds. The molecule has 1 aliphatic heterocycles. The smallest absolute Gasteiger partial charge is 0.306 e. The van der Waals surface area contributed by atoms with Crippen LogP contribution in [0.3, 0.4) is 0 Å². The summed E-state index contributed by atoms with van der Waals surface area (Å²) in [6.45, 7) is 0.406. The summed E-state index contributed by atoms with van der Waals surface area (Å²) >= 11 is 6.22. The Hall–Kier alpha value is -2.85. The highest BCUT2D eigenvalue weighted by atomic mass is 35.5. The second-order valence-corrected chi connectivity index (χ2v) is 5.72. The highest BCUT2D eigenvalue weighted by Gasteiger charge is 2.22. The van der Waals surface area contributed by atoms with E-state index in [1.165, 1.54) is 17.2 Å². The quantitative estimate of drug-likeness (QED) is 0.675. The van der Waals surface area contributed by atoms with Crippen molar-refractivity contribution in [1.29, 1.82) is 0 Å². The maximum Gasteiger partial charge on any atom is 0.326 e. The van der Waals surface area contributed by atoms with Crippen LogP contribution in [0, 0.1) is 0 Å². The second-order valence-electron chi connectivity index (χ2n) is 5.31. The van der Waals surface area contributed by atoms with Crippen molar-refractivity contribution in [2.75, 3.05) is 0 Å². The van der Waals surface area contributed by atoms with Gasteiger partial charge in [-0.1, -0.05) is 72.3 Å². The summed E-state index contributed by atoms with van der Waals surface area (Å²) in [6.07, 6.45) is 2.88. The standard InChI is InChI=1S/C19H15ClN2O2/c20-16-13-22(12-14-7-3-1-4-8-14)19(24)21-17(16)11-18(23)15-9-5-2-6-10-15/h1-11,13H,12H2,(H,21,24)/b17-11+. The van der Waals surface area contributed by atoms with Crippen molar-refractivity contribution in [1.82, 2.24) is 10.2 Å². The summed E-state index contributed by atoms with van der Waals surface area (Å²) in [6, 6.07) is 18.1. The van der Waals surface area contributed by atoms with E-state index < -0.39 is 0 Å². The van der Waals surface area contributed by atoms with Crippen molar-refractivity contribution >= 4 is 23.4 Å². The fourth-order valence-corrected chi connectivity index (χ4v) is 2.55. The molecule has 5 heteroatoms. The van der Waals surface area contributed by atoms with Gasteiger partial charge in [-0.2, -0.15) is 0 Å². The minimum atomic E-state index is -0.324. The molecular formula is C19H15ClN2O2. The Kier molecular flexibility index (Phi) is 4.77. The third-order valence-corrected chi connectivity index (χ3v) is 3.86. The van der Waals surface area contributed by atoms with Crippen LogP contribution in [0.1, 0.15) is 15.9 Å². The summed E-state index contributed by atoms with van der Waals surface area (Å²) in [7, 11) is 0. The van der Waals surface area contributed by atoms with Gasteiger partial charge in [0.1, 0.15) is 0 Å². The van der Waals surface area contributed by atoms with Crippen LogP contribution in [0.15, 0.2) is 83.7 Å². The Morgan fingerprint density at radius 1 is 1.04 bits per heavy atom. The number of halogens is 1. The van der Waals surface area contributed by atoms with Gasteiger partial charge >= 0.3 is 6.03 Å². The molecular weight excluding hydrogens is 324 g/mol. The number of hydrogen-bond acceptors (Lipinski definition) is 2. The molecule has 2 aromatic rings. The molecule has 4 nitrogen and oxygen atoms in total. The molecule has 120 valence electrons. The van der Waals surface area contributed by atoms with E-state index in [4.69, 9.17) is 11.6 Å². The maximum atomic E-state index is 12.2. The topological polar surface area (TPSA) is 49.4 Å². The number of carbonyl (C=O) groups excluding carboxylic acids is 2. The van der Waals surface area contributed by atoms with E-state index in [1.807, 2.05) is 36.4 Å². The zero-order valence-electron chi connectivity index (χ0n) is 12.8. The Balaban J connectivity index is 1.79. The van der Waals surface area contributed by atoms with Crippen LogP contribution in [0.2, 0.25) is 0 Å². The summed E-state index contributed by atoms with van der Waals surface area (Å²) in [4.78, 5) is 25.9. The van der Waals surface area contributed by atoms with Crippen molar-refractivity contribution < 1.29 is 9.59 Å². The molecule has 0 atom stereocenters. The molecule has 0 bridgehead atoms. The first-order chi connectivity index (χ1) is 11.6. The predicted octanol–water partition coefficient (Wildman–Crippen LogP) is 4.06. The number of hydrogen-bond donors (Lipinski definition) is 1. The predicted molar refractivity (Wildman–Crippen MR) is 93.3 cm³/mol. The highest BCUT2D eigenvalue weighted by Crippen LogP contribution is 2.21. The molecule has 0 saturated carbocycles. The van der Waals surface area contributed by atoms with Gasteiger partial charge in [0.25, 0.3) is 0 Å². The lowest BCUT2D eigenvalue weighted by Gasteiger charge is -2.25. The van der Waals surface area contributed by atoms with E-state index >= 15 is 0 Å². The lowest BCUT2D eigenvalue weighted by molar-refractivity contribution is 0.104. The average molecular weight is 339 g/mol. The number of nitrogens with one attached hydrogen (secondary N) is 1. The van der Waals surface area contributed by atoms with Crippen LogP contribution in [0.5, 0.6) is 0 Å². The van der Waals surface area contributed by atoms with Gasteiger partial charge in [-0.25, -0.2) is 4.79 Å². The van der Waals surface area contributed by atoms with E-state index in [0.717, 1.165) is 5.56 Å². The van der Waals surface area contributed by atoms with Gasteiger partial charge in [0.2, 0.25) is 0 Å². The van der Waals surface area contributed by atoms with Gasteiger partial charge < -0.3 is 5.32 Å². The third kappa shape index (κ3) is 3.73. The molecule has 0 fully saturated rings. The molecule has 24 heavy (non-hydrogen) atoms. The SMILES string of the molecule is O=C(/C=C1/NC(=O)N(Cc2ccccc2)C=C1Cl)c1ccccc1. The fourth-order valence-electron chi connectivity index (χ4n) is 2.33. The molecule has 0 saturated heterocycles. The number of carbonyl (C=O) groups is 2. The number of ketones is 1. The van der Waals surface area contributed by atoms with Crippen molar-refractivity contribution in [3.63, 3.8) is 0 Å². The lowest BCUT2D eigenvalue weighted by atomic mass is 10.1. The molecule has 1 aliphatic rings. The van der Waals surface area contributed by atoms with Crippen molar-refractivity contribution in [2.45, 2.75) is 6.54 Å². The Morgan fingerprint density at radius 3 is 2.33 bits per heavy atom. The van der Waals surface area contributed by atoms with Crippen LogP contribution in [0.25, 0.3) is 0 Å². The fraction of sp³-hybridized carbons (Fsp3) is 0.0526. The summed E-state index contributed by atoms with van der Waals surface area (Å²) < 4.78 is 0. The van der Waals surface area contributed by atoms with E-state index in [1.54, 1.807) is 24.3 Å². The number of amides is 2. The first-order valence-electron chi connectivity index (χ1n) is 7.44. The van der Waals surface area contributed by atoms with Crippen LogP contribution in [-0.2, 0) is 6.54 Å². The zero-order chi connectivity index (χ0) is 16.9. The van der Waals surface area contributed by atoms with Crippen molar-refractivity contribution in [2.24, 2.45) is 0 Å². The van der Waals surface area contributed by atoms with Crippen LogP contribution < -0.4 is 5.32 Å². The average Bonchev–Trinajstić information content (AvgIpc) is 2.61. The Labute approximate surface area is 145 Å². The summed E-state index contributed by atoms with van der Waals surface area (Å²) in [5.74, 6) is -0.214. The molecule has 0 aliphatic carbocycles. The Bertz CT molecular complexity index is 814. The second kappa shape index (κ2) is 7.15. The maximum absolute atomic E-state index is 12.2. The van der Waals surface area contributed by atoms with Gasteiger partial charge in [-0.15, -0.1) is 0 Å². The molecule has 2 aromatic carbocycles. The zero-order valence-corrected chi connectivity index (χ0v) is 13.5. The minimum absolute atomic E-state index is 0.214. The molecule has 0 spiro atoms. The van der Waals surface area contributed by atoms with Gasteiger partial charge in [-0.05, 0) is 5.56 Å². The van der Waals surface area contributed by atoms with Crippen LogP contribution in [-0.4, -0.2) is 16.7 Å². The van der Waals surface area contributed by atoms with E-state index in [2.05, 4.69) is 5.32 Å². The van der Waals surface area contributed by atoms with Gasteiger partial charge in [0, 0.05) is 17.8 Å². The molecule has 0 unspecified atom stereocenters. The molecule has 0 radical (unpaired) electrons. The van der Waals surface area contributed by atoms with E-state index in [9.17, 15) is 9.59 Å². The summed E-state index contributed by atoms with van der Waals surface area (Å²) in [5.41, 5.74) is 1.83. The molecule has 1 heterocycles. The monoisotopic (exact) mass is 338 g/mol. The number of nitrogens with zero attached hydrogens (tertiary/aromatic N) is 1. The van der Waals surface area contributed by atoms with E-state index in [-0.39, 0.29) is 11.8 Å². The van der Waals surface area contributed by atoms with Crippen molar-refractivity contribution in [3.05, 3.63) is 94.8 Å². The highest BCUT2D eigenvalue weighted by molar-refractivity contribution is 6.33. The third-order valence-electron chi connectivity index (χ3n) is 3.56. The molecule has 0 aromatic heterocycles. The number of urea groups is 1. The largest absolute Gasteiger partial charge is 0.326 e.